The Bertz CT molecular complexity index is 1680. The zero-order chi connectivity index (χ0) is 40.0. The zero-order valence-electron chi connectivity index (χ0n) is 33.9. The van der Waals surface area contributed by atoms with Crippen molar-refractivity contribution in [3.05, 3.63) is 96.2 Å². The van der Waals surface area contributed by atoms with Crippen molar-refractivity contribution >= 4 is 53.1 Å². The maximum atomic E-state index is 12.8. The Hall–Kier alpha value is -2.93. The van der Waals surface area contributed by atoms with Crippen LogP contribution in [0.25, 0.3) is 0 Å². The van der Waals surface area contributed by atoms with Crippen LogP contribution in [-0.2, 0) is 27.4 Å². The van der Waals surface area contributed by atoms with Gasteiger partial charge in [0.25, 0.3) is 0 Å². The van der Waals surface area contributed by atoms with Crippen LogP contribution in [-0.4, -0.2) is 42.4 Å². The minimum atomic E-state index is -2.10. The Morgan fingerprint density at radius 1 is 0.833 bits per heavy atom. The number of hydrogen-bond donors (Lipinski definition) is 0. The van der Waals surface area contributed by atoms with Crippen LogP contribution in [0.3, 0.4) is 0 Å². The number of ether oxygens (including phenoxy) is 1. The predicted octanol–water partition coefficient (Wildman–Crippen LogP) is 12.4. The number of halogens is 2. The average Bonchev–Trinajstić information content (AvgIpc) is 3.60. The van der Waals surface area contributed by atoms with Crippen LogP contribution in [0.15, 0.2) is 54.6 Å². The average molecular weight is 867 g/mol. The fraction of sp³-hybridized carbons (Fsp3) is 0.477. The van der Waals surface area contributed by atoms with E-state index in [1.165, 1.54) is 33.6 Å². The molecule has 0 radical (unpaired) electrons. The van der Waals surface area contributed by atoms with E-state index in [9.17, 15) is 9.59 Å². The third kappa shape index (κ3) is 9.89. The minimum absolute atomic E-state index is 0.170. The van der Waals surface area contributed by atoms with Crippen molar-refractivity contribution in [1.29, 1.82) is 0 Å². The van der Waals surface area contributed by atoms with E-state index < -0.39 is 25.7 Å². The first-order chi connectivity index (χ1) is 25.5. The number of para-hydroxylation sites is 3. The standard InChI is InChI=1S/C27H39N2.C17H21NO4.2ClH.Ru/c1-18(2)22-11-9-12-23(19(3)4)26(22)28-15-16-29(17-28)27-24(20(5)6)13-10-14-25(27)21(7)8;1-6-14-16(19)18(17(20)21-10-11(2)3)13-9-7-8-12(4)15(13)22(14)5;;;/h9-14,17-21H,15-16H2,1-8H3;4,7-9,11,14H,5-6,10H2,1-3H3;2*1H;/q-1;;;;+2/p-2. The van der Waals surface area contributed by atoms with Crippen molar-refractivity contribution in [1.82, 2.24) is 0 Å². The molecule has 2 amide bonds. The van der Waals surface area contributed by atoms with E-state index >= 15 is 0 Å². The molecule has 3 aromatic carbocycles. The normalized spacial score (nSPS) is 16.1. The first kappa shape index (κ1) is 43.8. The molecule has 2 heterocycles. The second kappa shape index (κ2) is 19.3. The Morgan fingerprint density at radius 2 is 1.28 bits per heavy atom. The van der Waals surface area contributed by atoms with Gasteiger partial charge in [-0.15, -0.1) is 0 Å². The molecule has 10 heteroatoms. The molecule has 2 aliphatic rings. The van der Waals surface area contributed by atoms with Gasteiger partial charge in [0.15, 0.2) is 0 Å². The van der Waals surface area contributed by atoms with Crippen LogP contribution in [0.4, 0.5) is 21.9 Å². The number of nitrogens with zero attached hydrogens (tertiary/aromatic N) is 3. The quantitative estimate of drug-likeness (QED) is 0.115. The number of amides is 2. The molecule has 0 aliphatic carbocycles. The van der Waals surface area contributed by atoms with E-state index in [1.54, 1.807) is 16.7 Å². The Morgan fingerprint density at radius 3 is 1.67 bits per heavy atom. The summed E-state index contributed by atoms with van der Waals surface area (Å²) >= 11 is -2.10. The molecular formula is C44H60Cl2N3O4Ru-. The van der Waals surface area contributed by atoms with Gasteiger partial charge in [0, 0.05) is 24.5 Å². The fourth-order valence-corrected chi connectivity index (χ4v) is 8.87. The molecule has 0 aromatic heterocycles. The number of benzene rings is 3. The number of hydrogen-bond acceptors (Lipinski definition) is 5. The zero-order valence-corrected chi connectivity index (χ0v) is 37.2. The summed E-state index contributed by atoms with van der Waals surface area (Å²) < 4.78 is 9.64. The SMILES string of the molecule is CC(C)c1cccc(C(C)C)c1N1[CH-]N(c2c(C(C)C)cccc2C(C)C)CC1.[CH2-][O+]1c2c([CH]=[Ru]([Cl])[Cl])cccc2N(C(=O)OCC(C)C)C(=O)C1CC. The van der Waals surface area contributed by atoms with Gasteiger partial charge < -0.3 is 9.80 Å². The van der Waals surface area contributed by atoms with E-state index in [1.807, 2.05) is 26.8 Å². The monoisotopic (exact) mass is 866 g/mol. The second-order valence-corrected chi connectivity index (χ2v) is 21.4. The molecule has 0 saturated carbocycles. The summed E-state index contributed by atoms with van der Waals surface area (Å²) in [5.41, 5.74) is 9.80. The number of carbonyl (C=O) groups is 2. The molecule has 5 rings (SSSR count). The van der Waals surface area contributed by atoms with E-state index in [0.717, 1.165) is 23.6 Å². The van der Waals surface area contributed by atoms with Gasteiger partial charge in [-0.05, 0) is 45.9 Å². The fourth-order valence-electron chi connectivity index (χ4n) is 7.09. The molecule has 0 bridgehead atoms. The van der Waals surface area contributed by atoms with Crippen molar-refractivity contribution in [2.45, 2.75) is 112 Å². The molecule has 1 unspecified atom stereocenters. The van der Waals surface area contributed by atoms with Crippen molar-refractivity contribution in [2.24, 2.45) is 5.92 Å². The van der Waals surface area contributed by atoms with Crippen LogP contribution in [0.1, 0.15) is 134 Å². The predicted molar refractivity (Wildman–Crippen MR) is 225 cm³/mol. The Kier molecular flexibility index (Phi) is 15.6. The van der Waals surface area contributed by atoms with Crippen LogP contribution < -0.4 is 14.7 Å². The van der Waals surface area contributed by atoms with Gasteiger partial charge in [0.1, 0.15) is 0 Å². The Balaban J connectivity index is 0.000000244. The number of imide groups is 1. The molecule has 0 N–H and O–H groups in total. The maximum absolute atomic E-state index is 12.8. The van der Waals surface area contributed by atoms with Gasteiger partial charge in [-0.3, -0.25) is 0 Å². The van der Waals surface area contributed by atoms with Gasteiger partial charge in [-0.2, -0.15) is 6.67 Å². The van der Waals surface area contributed by atoms with Crippen molar-refractivity contribution in [3.8, 4) is 5.75 Å². The van der Waals surface area contributed by atoms with Crippen molar-refractivity contribution < 1.29 is 32.2 Å². The molecule has 54 heavy (non-hydrogen) atoms. The summed E-state index contributed by atoms with van der Waals surface area (Å²) in [6, 6.07) is 18.9. The second-order valence-electron chi connectivity index (χ2n) is 15.7. The summed E-state index contributed by atoms with van der Waals surface area (Å²) in [4.78, 5) is 31.5. The Labute approximate surface area is 338 Å². The molecule has 2 aliphatic heterocycles. The molecule has 1 saturated heterocycles. The molecule has 1 atom stereocenters. The molecule has 3 aromatic rings. The first-order valence-corrected chi connectivity index (χ1v) is 24.6. The topological polar surface area (TPSA) is 55.8 Å². The van der Waals surface area contributed by atoms with Gasteiger partial charge >= 0.3 is 161 Å². The van der Waals surface area contributed by atoms with Crippen LogP contribution in [0, 0.1) is 19.7 Å². The summed E-state index contributed by atoms with van der Waals surface area (Å²) in [5, 5.41) is 0. The van der Waals surface area contributed by atoms with Gasteiger partial charge in [0.05, 0.1) is 0 Å². The number of carbonyl (C=O) groups excluding carboxylic acids is 2. The third-order valence-corrected chi connectivity index (χ3v) is 11.6. The van der Waals surface area contributed by atoms with E-state index in [0.29, 0.717) is 41.5 Å². The molecule has 1 fully saturated rings. The molecule has 0 spiro atoms. The summed E-state index contributed by atoms with van der Waals surface area (Å²) in [6.07, 6.45) is -0.854. The van der Waals surface area contributed by atoms with Crippen molar-refractivity contribution in [3.63, 3.8) is 0 Å². The molecular weight excluding hydrogens is 806 g/mol. The number of rotatable bonds is 10. The van der Waals surface area contributed by atoms with E-state index in [4.69, 9.17) is 24.1 Å². The summed E-state index contributed by atoms with van der Waals surface area (Å²) in [7, 11) is 16.0. The molecule has 7 nitrogen and oxygen atoms in total. The van der Waals surface area contributed by atoms with E-state index in [2.05, 4.69) is 120 Å². The summed E-state index contributed by atoms with van der Waals surface area (Å²) in [5.74, 6) is 2.42. The van der Waals surface area contributed by atoms with Gasteiger partial charge in [0.2, 0.25) is 0 Å². The van der Waals surface area contributed by atoms with Crippen molar-refractivity contribution in [2.75, 3.05) is 34.4 Å². The van der Waals surface area contributed by atoms with Crippen LogP contribution in [0.5, 0.6) is 5.75 Å². The van der Waals surface area contributed by atoms with E-state index in [-0.39, 0.29) is 18.4 Å². The number of fused-ring (bicyclic) bond motifs is 1. The first-order valence-electron chi connectivity index (χ1n) is 19.1. The van der Waals surface area contributed by atoms with Gasteiger partial charge in [-0.25, -0.2) is 0 Å². The summed E-state index contributed by atoms with van der Waals surface area (Å²) in [6.45, 7) is 28.9. The van der Waals surface area contributed by atoms with Gasteiger partial charge in [-0.1, -0.05) is 91.8 Å². The van der Waals surface area contributed by atoms with Crippen LogP contribution in [0.2, 0.25) is 0 Å². The molecule has 298 valence electrons. The third-order valence-electron chi connectivity index (χ3n) is 9.77. The number of anilines is 3. The van der Waals surface area contributed by atoms with Crippen LogP contribution >= 0.6 is 19.4 Å².